The molecule has 45 heavy (non-hydrogen) atoms. The summed E-state index contributed by atoms with van der Waals surface area (Å²) in [4.78, 5) is 2.42. The number of rotatable bonds is 16. The molecule has 2 atom stereocenters. The summed E-state index contributed by atoms with van der Waals surface area (Å²) in [6.07, 6.45) is 2.92. The molecule has 0 aliphatic carbocycles. The fourth-order valence-electron chi connectivity index (χ4n) is 6.22. The molecule has 0 aromatic heterocycles. The van der Waals surface area contributed by atoms with E-state index in [4.69, 9.17) is 28.4 Å². The minimum atomic E-state index is -0.230. The molecule has 1 saturated heterocycles. The van der Waals surface area contributed by atoms with Gasteiger partial charge in [-0.3, -0.25) is 0 Å². The SMILES string of the molecule is COCCCN1CC(C)(C)Oc2ccc(CO[C@H]3CNCC[C@@H]3c3ccc(OCCCOCc4ccccc4OC)cc3)cc21. The Morgan fingerprint density at radius 2 is 1.78 bits per heavy atom. The van der Waals surface area contributed by atoms with Gasteiger partial charge in [-0.05, 0) is 74.7 Å². The molecule has 8 nitrogen and oxygen atoms in total. The van der Waals surface area contributed by atoms with Crippen molar-refractivity contribution in [2.24, 2.45) is 0 Å². The lowest BCUT2D eigenvalue weighted by Gasteiger charge is -2.41. The van der Waals surface area contributed by atoms with Crippen molar-refractivity contribution in [1.82, 2.24) is 5.32 Å². The second-order valence-corrected chi connectivity index (χ2v) is 12.5. The summed E-state index contributed by atoms with van der Waals surface area (Å²) < 4.78 is 35.4. The Balaban J connectivity index is 1.10. The number of fused-ring (bicyclic) bond motifs is 1. The van der Waals surface area contributed by atoms with Crippen LogP contribution >= 0.6 is 0 Å². The molecule has 244 valence electrons. The van der Waals surface area contributed by atoms with E-state index in [0.29, 0.717) is 32.3 Å². The third-order valence-corrected chi connectivity index (χ3v) is 8.45. The highest BCUT2D eigenvalue weighted by molar-refractivity contribution is 5.62. The van der Waals surface area contributed by atoms with Crippen molar-refractivity contribution >= 4 is 5.69 Å². The van der Waals surface area contributed by atoms with Gasteiger partial charge < -0.3 is 38.6 Å². The highest BCUT2D eigenvalue weighted by Crippen LogP contribution is 2.38. The van der Waals surface area contributed by atoms with Gasteiger partial charge in [0.25, 0.3) is 0 Å². The molecule has 3 aromatic carbocycles. The number of methoxy groups -OCH3 is 2. The molecule has 8 heteroatoms. The van der Waals surface area contributed by atoms with E-state index in [1.54, 1.807) is 14.2 Å². The molecule has 2 aliphatic rings. The molecular formula is C37H50N2O6. The van der Waals surface area contributed by atoms with E-state index in [1.165, 1.54) is 5.56 Å². The van der Waals surface area contributed by atoms with Gasteiger partial charge in [-0.25, -0.2) is 0 Å². The first-order valence-electron chi connectivity index (χ1n) is 16.3. The van der Waals surface area contributed by atoms with Gasteiger partial charge in [0.15, 0.2) is 0 Å². The second kappa shape index (κ2) is 16.3. The van der Waals surface area contributed by atoms with Crippen LogP contribution in [0.5, 0.6) is 17.2 Å². The summed E-state index contributed by atoms with van der Waals surface area (Å²) in [5.41, 5.74) is 4.42. The Labute approximate surface area is 268 Å². The quantitative estimate of drug-likeness (QED) is 0.186. The Bertz CT molecular complexity index is 1330. The fraction of sp³-hybridized carbons (Fsp3) is 0.514. The maximum atomic E-state index is 6.59. The monoisotopic (exact) mass is 618 g/mol. The van der Waals surface area contributed by atoms with Gasteiger partial charge >= 0.3 is 0 Å². The average molecular weight is 619 g/mol. The van der Waals surface area contributed by atoms with Crippen LogP contribution in [0.2, 0.25) is 0 Å². The zero-order valence-corrected chi connectivity index (χ0v) is 27.4. The first kappa shape index (κ1) is 33.1. The number of nitrogens with zero attached hydrogens (tertiary/aromatic N) is 1. The van der Waals surface area contributed by atoms with Crippen molar-refractivity contribution in [3.63, 3.8) is 0 Å². The topological polar surface area (TPSA) is 70.7 Å². The van der Waals surface area contributed by atoms with Gasteiger partial charge in [0, 0.05) is 44.7 Å². The molecule has 0 radical (unpaired) electrons. The summed E-state index contributed by atoms with van der Waals surface area (Å²) in [6.45, 7) is 11.0. The van der Waals surface area contributed by atoms with Crippen molar-refractivity contribution < 1.29 is 28.4 Å². The van der Waals surface area contributed by atoms with Crippen LogP contribution in [0.3, 0.4) is 0 Å². The zero-order valence-electron chi connectivity index (χ0n) is 27.4. The zero-order chi connectivity index (χ0) is 31.5. The number of hydrogen-bond acceptors (Lipinski definition) is 8. The van der Waals surface area contributed by atoms with Gasteiger partial charge in [0.05, 0.1) is 51.9 Å². The molecule has 3 aromatic rings. The van der Waals surface area contributed by atoms with Gasteiger partial charge in [-0.2, -0.15) is 0 Å². The first-order chi connectivity index (χ1) is 22.0. The maximum Gasteiger partial charge on any atom is 0.143 e. The Morgan fingerprint density at radius 1 is 0.933 bits per heavy atom. The number of para-hydroxylation sites is 1. The molecular weight excluding hydrogens is 568 g/mol. The number of anilines is 1. The first-order valence-corrected chi connectivity index (χ1v) is 16.3. The van der Waals surface area contributed by atoms with Gasteiger partial charge in [0.1, 0.15) is 22.8 Å². The van der Waals surface area contributed by atoms with Crippen molar-refractivity contribution in [2.75, 3.05) is 65.1 Å². The predicted octanol–water partition coefficient (Wildman–Crippen LogP) is 6.36. The lowest BCUT2D eigenvalue weighted by molar-refractivity contribution is 0.0105. The van der Waals surface area contributed by atoms with Gasteiger partial charge in [-0.15, -0.1) is 0 Å². The van der Waals surface area contributed by atoms with E-state index in [2.05, 4.69) is 66.5 Å². The van der Waals surface area contributed by atoms with Crippen LogP contribution in [0.4, 0.5) is 5.69 Å². The molecule has 0 unspecified atom stereocenters. The van der Waals surface area contributed by atoms with Crippen LogP contribution in [0, 0.1) is 0 Å². The van der Waals surface area contributed by atoms with E-state index in [0.717, 1.165) is 86.1 Å². The van der Waals surface area contributed by atoms with Crippen LogP contribution in [0.25, 0.3) is 0 Å². The van der Waals surface area contributed by atoms with Crippen molar-refractivity contribution in [2.45, 2.75) is 63.9 Å². The van der Waals surface area contributed by atoms with E-state index >= 15 is 0 Å². The van der Waals surface area contributed by atoms with E-state index in [1.807, 2.05) is 24.3 Å². The number of nitrogens with one attached hydrogen (secondary N) is 1. The van der Waals surface area contributed by atoms with E-state index < -0.39 is 0 Å². The number of piperidine rings is 1. The normalized spacial score (nSPS) is 19.1. The molecule has 0 saturated carbocycles. The van der Waals surface area contributed by atoms with Gasteiger partial charge in [-0.1, -0.05) is 36.4 Å². The third kappa shape index (κ3) is 9.36. The molecule has 1 fully saturated rings. The Morgan fingerprint density at radius 3 is 2.60 bits per heavy atom. The number of hydrogen-bond donors (Lipinski definition) is 1. The van der Waals surface area contributed by atoms with Crippen molar-refractivity contribution in [3.05, 3.63) is 83.4 Å². The molecule has 0 bridgehead atoms. The Hall–Kier alpha value is -3.30. The molecule has 0 amide bonds. The molecule has 2 aliphatic heterocycles. The van der Waals surface area contributed by atoms with Crippen molar-refractivity contribution in [3.8, 4) is 17.2 Å². The highest BCUT2D eigenvalue weighted by atomic mass is 16.5. The lowest BCUT2D eigenvalue weighted by atomic mass is 9.87. The predicted molar refractivity (Wildman–Crippen MR) is 178 cm³/mol. The largest absolute Gasteiger partial charge is 0.496 e. The lowest BCUT2D eigenvalue weighted by Crippen LogP contribution is -2.47. The molecule has 2 heterocycles. The molecule has 5 rings (SSSR count). The smallest absolute Gasteiger partial charge is 0.143 e. The van der Waals surface area contributed by atoms with Crippen LogP contribution in [0.15, 0.2) is 66.7 Å². The number of ether oxygens (including phenoxy) is 6. The summed E-state index contributed by atoms with van der Waals surface area (Å²) >= 11 is 0. The summed E-state index contributed by atoms with van der Waals surface area (Å²) in [6, 6.07) is 22.9. The van der Waals surface area contributed by atoms with E-state index in [-0.39, 0.29) is 11.7 Å². The van der Waals surface area contributed by atoms with Gasteiger partial charge in [0.2, 0.25) is 0 Å². The summed E-state index contributed by atoms with van der Waals surface area (Å²) in [7, 11) is 3.44. The van der Waals surface area contributed by atoms with Crippen LogP contribution < -0.4 is 24.4 Å². The summed E-state index contributed by atoms with van der Waals surface area (Å²) in [5.74, 6) is 3.00. The highest BCUT2D eigenvalue weighted by Gasteiger charge is 2.32. The average Bonchev–Trinajstić information content (AvgIpc) is 3.05. The maximum absolute atomic E-state index is 6.59. The van der Waals surface area contributed by atoms with Crippen molar-refractivity contribution in [1.29, 1.82) is 0 Å². The van der Waals surface area contributed by atoms with Crippen LogP contribution in [-0.4, -0.2) is 71.9 Å². The van der Waals surface area contributed by atoms with E-state index in [9.17, 15) is 0 Å². The Kier molecular flexibility index (Phi) is 12.0. The number of benzene rings is 3. The van der Waals surface area contributed by atoms with Crippen LogP contribution in [-0.2, 0) is 27.4 Å². The van der Waals surface area contributed by atoms with Crippen LogP contribution in [0.1, 0.15) is 55.7 Å². The standard InChI is InChI=1S/C37H50N2O6/c1-37(2)27-39(19-7-20-40-3)33-23-28(11-16-35(33)45-37)25-44-36-24-38-18-17-32(36)29-12-14-31(15-13-29)43-22-8-21-42-26-30-9-5-6-10-34(30)41-4/h5-6,9-16,23,32,36,38H,7-8,17-22,24-27H2,1-4H3/t32-,36+/m1/s1. The fourth-order valence-corrected chi connectivity index (χ4v) is 6.22. The molecule has 1 N–H and O–H groups in total. The minimum Gasteiger partial charge on any atom is -0.496 e. The third-order valence-electron chi connectivity index (χ3n) is 8.45. The second-order valence-electron chi connectivity index (χ2n) is 12.5. The summed E-state index contributed by atoms with van der Waals surface area (Å²) in [5, 5.41) is 3.53. The minimum absolute atomic E-state index is 0.0925. The molecule has 0 spiro atoms.